The van der Waals surface area contributed by atoms with Crippen molar-refractivity contribution >= 4 is 11.6 Å². The van der Waals surface area contributed by atoms with Crippen molar-refractivity contribution in [3.8, 4) is 0 Å². The number of hydrogen-bond acceptors (Lipinski definition) is 3. The van der Waals surface area contributed by atoms with Gasteiger partial charge >= 0.3 is 12.4 Å². The van der Waals surface area contributed by atoms with Gasteiger partial charge in [0.2, 0.25) is 0 Å². The van der Waals surface area contributed by atoms with Gasteiger partial charge in [0.15, 0.2) is 5.96 Å². The highest BCUT2D eigenvalue weighted by molar-refractivity contribution is 5.94. The number of aliphatic imine (C=N–C) groups is 1. The van der Waals surface area contributed by atoms with Gasteiger partial charge in [0.1, 0.15) is 0 Å². The Hall–Kier alpha value is -2.01. The largest absolute Gasteiger partial charge is 0.416 e. The Morgan fingerprint density at radius 3 is 2.11 bits per heavy atom. The number of hydrogen-bond donors (Lipinski definition) is 4. The van der Waals surface area contributed by atoms with Crippen LogP contribution in [0, 0.1) is 0 Å². The van der Waals surface area contributed by atoms with Crippen LogP contribution in [0.15, 0.2) is 23.2 Å². The first-order chi connectivity index (χ1) is 13.0. The fourth-order valence-electron chi connectivity index (χ4n) is 2.96. The van der Waals surface area contributed by atoms with Crippen molar-refractivity contribution in [3.63, 3.8) is 0 Å². The van der Waals surface area contributed by atoms with Crippen LogP contribution in [0.3, 0.4) is 0 Å². The molecule has 0 spiro atoms. The van der Waals surface area contributed by atoms with Crippen molar-refractivity contribution in [2.45, 2.75) is 50.1 Å². The molecular formula is C17H22F6N4O. The predicted molar refractivity (Wildman–Crippen MR) is 92.8 cm³/mol. The van der Waals surface area contributed by atoms with Gasteiger partial charge in [0.05, 0.1) is 24.3 Å². The lowest BCUT2D eigenvalue weighted by atomic mass is 9.91. The van der Waals surface area contributed by atoms with Crippen molar-refractivity contribution in [3.05, 3.63) is 29.3 Å². The molecule has 1 aromatic carbocycles. The summed E-state index contributed by atoms with van der Waals surface area (Å²) in [6.07, 6.45) is -6.62. The summed E-state index contributed by atoms with van der Waals surface area (Å²) in [5.74, 6) is -0.0381. The van der Waals surface area contributed by atoms with E-state index in [-0.39, 0.29) is 37.3 Å². The Morgan fingerprint density at radius 1 is 1.04 bits per heavy atom. The fraction of sp³-hybridized carbons (Fsp3) is 0.588. The van der Waals surface area contributed by atoms with Crippen LogP contribution in [0.4, 0.5) is 32.0 Å². The lowest BCUT2D eigenvalue weighted by Gasteiger charge is -2.30. The Kier molecular flexibility index (Phi) is 7.16. The highest BCUT2D eigenvalue weighted by atomic mass is 19.4. The highest BCUT2D eigenvalue weighted by Gasteiger charge is 2.37. The third kappa shape index (κ3) is 6.26. The van der Waals surface area contributed by atoms with E-state index in [0.717, 1.165) is 19.3 Å². The van der Waals surface area contributed by atoms with E-state index >= 15 is 0 Å². The van der Waals surface area contributed by atoms with Gasteiger partial charge in [0, 0.05) is 17.8 Å². The smallest absolute Gasteiger partial charge is 0.394 e. The molecule has 2 rings (SSSR count). The normalized spacial score (nSPS) is 21.5. The van der Waals surface area contributed by atoms with Gasteiger partial charge in [-0.05, 0) is 31.0 Å². The van der Waals surface area contributed by atoms with Crippen LogP contribution in [0.1, 0.15) is 36.8 Å². The molecule has 0 aliphatic heterocycles. The van der Waals surface area contributed by atoms with E-state index in [2.05, 4.69) is 15.6 Å². The topological polar surface area (TPSA) is 82.7 Å². The number of rotatable bonds is 4. The van der Waals surface area contributed by atoms with Crippen LogP contribution < -0.4 is 16.4 Å². The number of halogens is 6. The molecule has 158 valence electrons. The van der Waals surface area contributed by atoms with Gasteiger partial charge in [-0.1, -0.05) is 12.8 Å². The molecule has 0 amide bonds. The van der Waals surface area contributed by atoms with E-state index in [1.54, 1.807) is 0 Å². The summed E-state index contributed by atoms with van der Waals surface area (Å²) in [6.45, 7) is -0.414. The summed E-state index contributed by atoms with van der Waals surface area (Å²) >= 11 is 0. The molecule has 2 atom stereocenters. The van der Waals surface area contributed by atoms with Crippen LogP contribution in [-0.4, -0.2) is 36.3 Å². The molecule has 1 fully saturated rings. The highest BCUT2D eigenvalue weighted by Crippen LogP contribution is 2.37. The third-order valence-electron chi connectivity index (χ3n) is 4.36. The number of alkyl halides is 6. The predicted octanol–water partition coefficient (Wildman–Crippen LogP) is 3.34. The fourth-order valence-corrected chi connectivity index (χ4v) is 2.96. The quantitative estimate of drug-likeness (QED) is 0.347. The maximum Gasteiger partial charge on any atom is 0.416 e. The summed E-state index contributed by atoms with van der Waals surface area (Å²) in [5.41, 5.74) is 2.74. The van der Waals surface area contributed by atoms with Crippen LogP contribution in [0.5, 0.6) is 0 Å². The maximum atomic E-state index is 13.0. The van der Waals surface area contributed by atoms with Crippen LogP contribution in [0.2, 0.25) is 0 Å². The van der Waals surface area contributed by atoms with Crippen LogP contribution in [-0.2, 0) is 12.4 Å². The second-order valence-corrected chi connectivity index (χ2v) is 6.57. The summed E-state index contributed by atoms with van der Waals surface area (Å²) < 4.78 is 78.1. The average molecular weight is 412 g/mol. The molecule has 0 radical (unpaired) electrons. The molecule has 0 heterocycles. The average Bonchev–Trinajstić information content (AvgIpc) is 2.60. The van der Waals surface area contributed by atoms with Gasteiger partial charge < -0.3 is 21.5 Å². The first-order valence-electron chi connectivity index (χ1n) is 8.74. The molecule has 0 saturated heterocycles. The summed E-state index contributed by atoms with van der Waals surface area (Å²) in [4.78, 5) is 3.98. The van der Waals surface area contributed by atoms with Gasteiger partial charge in [-0.25, -0.2) is 0 Å². The number of benzene rings is 1. The summed E-state index contributed by atoms with van der Waals surface area (Å²) in [6, 6.07) is 0.757. The van der Waals surface area contributed by atoms with E-state index in [9.17, 15) is 26.3 Å². The number of anilines is 1. The first kappa shape index (κ1) is 22.3. The molecule has 1 saturated carbocycles. The molecule has 11 heteroatoms. The number of guanidine groups is 1. The monoisotopic (exact) mass is 412 g/mol. The molecule has 1 aromatic rings. The van der Waals surface area contributed by atoms with Gasteiger partial charge in [-0.3, -0.25) is 4.99 Å². The number of aliphatic hydroxyl groups is 1. The second kappa shape index (κ2) is 8.99. The molecule has 0 bridgehead atoms. The molecule has 1 aliphatic carbocycles. The maximum absolute atomic E-state index is 13.0. The van der Waals surface area contributed by atoms with Crippen molar-refractivity contribution < 1.29 is 31.4 Å². The summed E-state index contributed by atoms with van der Waals surface area (Å²) in [7, 11) is 0. The number of nitrogens with one attached hydrogen (secondary N) is 2. The zero-order valence-electron chi connectivity index (χ0n) is 14.9. The van der Waals surface area contributed by atoms with Crippen molar-refractivity contribution in [2.75, 3.05) is 18.5 Å². The number of nitrogens with two attached hydrogens (primary N) is 1. The Morgan fingerprint density at radius 2 is 1.61 bits per heavy atom. The van der Waals surface area contributed by atoms with Crippen molar-refractivity contribution in [2.24, 2.45) is 10.7 Å². The van der Waals surface area contributed by atoms with Crippen LogP contribution in [0.25, 0.3) is 0 Å². The Balaban J connectivity index is 2.31. The zero-order chi connectivity index (χ0) is 20.9. The van der Waals surface area contributed by atoms with Crippen LogP contribution >= 0.6 is 0 Å². The van der Waals surface area contributed by atoms with Crippen molar-refractivity contribution in [1.82, 2.24) is 5.32 Å². The minimum Gasteiger partial charge on any atom is -0.394 e. The van der Waals surface area contributed by atoms with E-state index < -0.39 is 29.2 Å². The third-order valence-corrected chi connectivity index (χ3v) is 4.36. The Labute approximate surface area is 158 Å². The molecule has 28 heavy (non-hydrogen) atoms. The molecule has 1 aliphatic rings. The number of aliphatic hydroxyl groups excluding tert-OH is 1. The lowest BCUT2D eigenvalue weighted by molar-refractivity contribution is -0.143. The molecular weight excluding hydrogens is 390 g/mol. The van der Waals surface area contributed by atoms with Gasteiger partial charge in [0.25, 0.3) is 0 Å². The summed E-state index contributed by atoms with van der Waals surface area (Å²) in [5, 5.41) is 14.4. The van der Waals surface area contributed by atoms with E-state index in [1.807, 2.05) is 0 Å². The van der Waals surface area contributed by atoms with E-state index in [0.29, 0.717) is 18.6 Å². The van der Waals surface area contributed by atoms with Crippen molar-refractivity contribution in [1.29, 1.82) is 0 Å². The first-order valence-corrected chi connectivity index (χ1v) is 8.74. The van der Waals surface area contributed by atoms with E-state index in [4.69, 9.17) is 10.8 Å². The van der Waals surface area contributed by atoms with Gasteiger partial charge in [-0.15, -0.1) is 0 Å². The molecule has 5 nitrogen and oxygen atoms in total. The Bertz CT molecular complexity index is 657. The number of nitrogens with zero attached hydrogens (tertiary/aromatic N) is 1. The SMILES string of the molecule is N[C@H]1CCCC[C@@H]1NC(=NCCO)Nc1cc(C(F)(F)F)cc(C(F)(F)F)c1. The zero-order valence-corrected chi connectivity index (χ0v) is 14.9. The minimum atomic E-state index is -4.95. The molecule has 5 N–H and O–H groups in total. The second-order valence-electron chi connectivity index (χ2n) is 6.57. The van der Waals surface area contributed by atoms with Gasteiger partial charge in [-0.2, -0.15) is 26.3 Å². The standard InChI is InChI=1S/C17H22F6N4O/c18-16(19,20)10-7-11(17(21,22)23)9-12(8-10)26-15(25-5-6-28)27-14-4-2-1-3-13(14)24/h7-9,13-14,28H,1-6,24H2,(H2,25,26,27)/t13-,14-/m0/s1. The van der Waals surface area contributed by atoms with E-state index in [1.165, 1.54) is 0 Å². The lowest BCUT2D eigenvalue weighted by Crippen LogP contribution is -2.51. The molecule has 0 aromatic heterocycles. The molecule has 0 unspecified atom stereocenters. The minimum absolute atomic E-state index is 0.0381.